The standard InChI is InChI=1S/C17H13N3O5S2/c1-2-23-15(22)10-7-26-16(18-10)20-17-19-14(21)13(27-17)6-9-3-4-11-12(5-9)25-8-24-11/h3-7H,2,8H2,1H3,(H,18,19,20,21)/b13-6-. The molecular weight excluding hydrogens is 390 g/mol. The zero-order valence-electron chi connectivity index (χ0n) is 14.1. The molecule has 1 saturated heterocycles. The van der Waals surface area contributed by atoms with E-state index in [0.29, 0.717) is 26.7 Å². The molecule has 1 fully saturated rings. The number of hydrogen-bond acceptors (Lipinski definition) is 9. The van der Waals surface area contributed by atoms with Crippen molar-refractivity contribution >= 4 is 51.4 Å². The molecule has 0 radical (unpaired) electrons. The number of esters is 1. The van der Waals surface area contributed by atoms with Gasteiger partial charge in [-0.1, -0.05) is 6.07 Å². The third kappa shape index (κ3) is 3.81. The lowest BCUT2D eigenvalue weighted by molar-refractivity contribution is -0.115. The Morgan fingerprint density at radius 2 is 2.26 bits per heavy atom. The molecule has 0 saturated carbocycles. The van der Waals surface area contributed by atoms with Crippen molar-refractivity contribution in [2.24, 2.45) is 4.99 Å². The van der Waals surface area contributed by atoms with Gasteiger partial charge in [0.25, 0.3) is 5.91 Å². The smallest absolute Gasteiger partial charge is 0.357 e. The summed E-state index contributed by atoms with van der Waals surface area (Å²) in [5, 5.41) is 5.03. The maximum absolute atomic E-state index is 12.2. The number of rotatable bonds is 4. The Balaban J connectivity index is 1.50. The summed E-state index contributed by atoms with van der Waals surface area (Å²) >= 11 is 2.40. The van der Waals surface area contributed by atoms with Gasteiger partial charge in [0.05, 0.1) is 11.5 Å². The van der Waals surface area contributed by atoms with Crippen LogP contribution in [0.4, 0.5) is 5.13 Å². The molecule has 10 heteroatoms. The van der Waals surface area contributed by atoms with E-state index in [9.17, 15) is 9.59 Å². The number of carbonyl (C=O) groups is 2. The van der Waals surface area contributed by atoms with E-state index < -0.39 is 5.97 Å². The first-order chi connectivity index (χ1) is 13.1. The first kappa shape index (κ1) is 17.6. The molecule has 3 heterocycles. The van der Waals surface area contributed by atoms with Crippen molar-refractivity contribution < 1.29 is 23.8 Å². The number of fused-ring (bicyclic) bond motifs is 1. The summed E-state index contributed by atoms with van der Waals surface area (Å²) in [6, 6.07) is 5.45. The lowest BCUT2D eigenvalue weighted by Gasteiger charge is -1.98. The Bertz CT molecular complexity index is 983. The Labute approximate surface area is 162 Å². The van der Waals surface area contributed by atoms with Gasteiger partial charge in [0.15, 0.2) is 22.4 Å². The Morgan fingerprint density at radius 1 is 1.41 bits per heavy atom. The molecule has 0 atom stereocenters. The van der Waals surface area contributed by atoms with Gasteiger partial charge in [-0.3, -0.25) is 4.79 Å². The molecule has 2 aliphatic heterocycles. The number of amidine groups is 1. The summed E-state index contributed by atoms with van der Waals surface area (Å²) in [5.74, 6) is 0.588. The number of thiazole rings is 1. The molecule has 0 spiro atoms. The highest BCUT2D eigenvalue weighted by atomic mass is 32.2. The highest BCUT2D eigenvalue weighted by Gasteiger charge is 2.25. The number of nitrogens with one attached hydrogen (secondary N) is 1. The first-order valence-electron chi connectivity index (χ1n) is 7.94. The Morgan fingerprint density at radius 3 is 3.11 bits per heavy atom. The normalized spacial score (nSPS) is 18.2. The summed E-state index contributed by atoms with van der Waals surface area (Å²) in [4.78, 5) is 32.7. The number of hydrogen-bond donors (Lipinski definition) is 1. The molecule has 1 N–H and O–H groups in total. The second-order valence-corrected chi connectivity index (χ2v) is 7.20. The second-order valence-electron chi connectivity index (χ2n) is 5.33. The van der Waals surface area contributed by atoms with Gasteiger partial charge in [-0.15, -0.1) is 11.3 Å². The molecular formula is C17H13N3O5S2. The van der Waals surface area contributed by atoms with E-state index in [4.69, 9.17) is 14.2 Å². The number of carbonyl (C=O) groups excluding carboxylic acids is 2. The molecule has 0 bridgehead atoms. The molecule has 0 unspecified atom stereocenters. The third-order valence-corrected chi connectivity index (χ3v) is 5.16. The number of thioether (sulfide) groups is 1. The van der Waals surface area contributed by atoms with Crippen molar-refractivity contribution in [3.8, 4) is 11.5 Å². The fraction of sp³-hybridized carbons (Fsp3) is 0.176. The number of ether oxygens (including phenoxy) is 3. The molecule has 1 amide bonds. The molecule has 8 nitrogen and oxygen atoms in total. The van der Waals surface area contributed by atoms with E-state index >= 15 is 0 Å². The van der Waals surface area contributed by atoms with Gasteiger partial charge in [0.1, 0.15) is 0 Å². The van der Waals surface area contributed by atoms with E-state index in [1.54, 1.807) is 24.4 Å². The number of amides is 1. The van der Waals surface area contributed by atoms with Crippen LogP contribution in [0.5, 0.6) is 11.5 Å². The predicted molar refractivity (Wildman–Crippen MR) is 101 cm³/mol. The third-order valence-electron chi connectivity index (χ3n) is 3.52. The minimum Gasteiger partial charge on any atom is -0.461 e. The largest absolute Gasteiger partial charge is 0.461 e. The number of aliphatic imine (C=N–C) groups is 1. The lowest BCUT2D eigenvalue weighted by Crippen LogP contribution is -2.19. The van der Waals surface area contributed by atoms with Gasteiger partial charge in [0.2, 0.25) is 11.9 Å². The minimum absolute atomic E-state index is 0.197. The zero-order chi connectivity index (χ0) is 18.8. The summed E-state index contributed by atoms with van der Waals surface area (Å²) < 4.78 is 15.5. The van der Waals surface area contributed by atoms with Crippen molar-refractivity contribution in [1.29, 1.82) is 0 Å². The summed E-state index contributed by atoms with van der Waals surface area (Å²) in [7, 11) is 0. The van der Waals surface area contributed by atoms with Crippen molar-refractivity contribution in [1.82, 2.24) is 10.3 Å². The van der Waals surface area contributed by atoms with Crippen LogP contribution in [0.25, 0.3) is 6.08 Å². The summed E-state index contributed by atoms with van der Waals surface area (Å²) in [5.41, 5.74) is 1.02. The minimum atomic E-state index is -0.494. The van der Waals surface area contributed by atoms with Gasteiger partial charge in [-0.05, 0) is 42.5 Å². The lowest BCUT2D eigenvalue weighted by atomic mass is 10.2. The van der Waals surface area contributed by atoms with E-state index in [1.165, 1.54) is 23.1 Å². The molecule has 2 aromatic rings. The molecule has 4 rings (SSSR count). The van der Waals surface area contributed by atoms with Gasteiger partial charge in [-0.2, -0.15) is 4.99 Å². The van der Waals surface area contributed by atoms with Gasteiger partial charge < -0.3 is 19.5 Å². The van der Waals surface area contributed by atoms with E-state index in [0.717, 1.165) is 5.56 Å². The van der Waals surface area contributed by atoms with Gasteiger partial charge in [0, 0.05) is 5.38 Å². The molecule has 1 aromatic carbocycles. The average Bonchev–Trinajstić information content (AvgIpc) is 3.36. The van der Waals surface area contributed by atoms with Crippen molar-refractivity contribution in [2.75, 3.05) is 13.4 Å². The van der Waals surface area contributed by atoms with E-state index in [-0.39, 0.29) is 25.0 Å². The van der Waals surface area contributed by atoms with Crippen molar-refractivity contribution in [3.63, 3.8) is 0 Å². The highest BCUT2D eigenvalue weighted by Crippen LogP contribution is 2.35. The van der Waals surface area contributed by atoms with Crippen LogP contribution in [0.2, 0.25) is 0 Å². The fourth-order valence-corrected chi connectivity index (χ4v) is 3.88. The molecule has 1 aromatic heterocycles. The number of benzene rings is 1. The van der Waals surface area contributed by atoms with Crippen molar-refractivity contribution in [3.05, 3.63) is 39.7 Å². The van der Waals surface area contributed by atoms with E-state index in [2.05, 4.69) is 15.3 Å². The van der Waals surface area contributed by atoms with Crippen LogP contribution < -0.4 is 14.8 Å². The van der Waals surface area contributed by atoms with Crippen LogP contribution in [0.3, 0.4) is 0 Å². The van der Waals surface area contributed by atoms with Crippen molar-refractivity contribution in [2.45, 2.75) is 6.92 Å². The van der Waals surface area contributed by atoms with Gasteiger partial charge >= 0.3 is 5.97 Å². The monoisotopic (exact) mass is 403 g/mol. The first-order valence-corrected chi connectivity index (χ1v) is 9.64. The number of aromatic nitrogens is 1. The van der Waals surface area contributed by atoms with E-state index in [1.807, 2.05) is 12.1 Å². The highest BCUT2D eigenvalue weighted by molar-refractivity contribution is 8.18. The van der Waals surface area contributed by atoms with Crippen LogP contribution >= 0.6 is 23.1 Å². The average molecular weight is 403 g/mol. The molecule has 0 aliphatic carbocycles. The van der Waals surface area contributed by atoms with Crippen LogP contribution in [0.1, 0.15) is 23.0 Å². The second kappa shape index (κ2) is 7.41. The van der Waals surface area contributed by atoms with Crippen LogP contribution in [-0.2, 0) is 9.53 Å². The quantitative estimate of drug-likeness (QED) is 0.619. The molecule has 2 aliphatic rings. The molecule has 138 valence electrons. The predicted octanol–water partition coefficient (Wildman–Crippen LogP) is 2.94. The topological polar surface area (TPSA) is 99.1 Å². The zero-order valence-corrected chi connectivity index (χ0v) is 15.7. The number of nitrogens with zero attached hydrogens (tertiary/aromatic N) is 2. The Kier molecular flexibility index (Phi) is 4.82. The van der Waals surface area contributed by atoms with Crippen LogP contribution in [-0.4, -0.2) is 35.4 Å². The fourth-order valence-electron chi connectivity index (χ4n) is 2.34. The van der Waals surface area contributed by atoms with Gasteiger partial charge in [-0.25, -0.2) is 9.78 Å². The van der Waals surface area contributed by atoms with Crippen LogP contribution in [0, 0.1) is 0 Å². The Hall–Kier alpha value is -2.85. The summed E-state index contributed by atoms with van der Waals surface area (Å²) in [6.07, 6.45) is 1.75. The maximum atomic E-state index is 12.2. The van der Waals surface area contributed by atoms with Crippen LogP contribution in [0.15, 0.2) is 33.5 Å². The maximum Gasteiger partial charge on any atom is 0.357 e. The SMILES string of the molecule is CCOC(=O)c1csc(N=C2NC(=O)/C(=C/c3ccc4c(c3)OCO4)S2)n1. The molecule has 27 heavy (non-hydrogen) atoms. The summed E-state index contributed by atoms with van der Waals surface area (Å²) in [6.45, 7) is 2.20.